The third kappa shape index (κ3) is 6.91. The van der Waals surface area contributed by atoms with Crippen LogP contribution in [0.1, 0.15) is 68.9 Å². The molecule has 0 bridgehead atoms. The van der Waals surface area contributed by atoms with Crippen LogP contribution in [0, 0.1) is 0 Å². The zero-order valence-electron chi connectivity index (χ0n) is 25.5. The van der Waals surface area contributed by atoms with Crippen LogP contribution in [0.3, 0.4) is 0 Å². The number of carbonyl (C=O) groups is 2. The number of pyridine rings is 1. The van der Waals surface area contributed by atoms with Crippen LogP contribution < -0.4 is 16.0 Å². The van der Waals surface area contributed by atoms with Gasteiger partial charge >= 0.3 is 17.6 Å². The number of unbranched alkanes of at least 4 members (excludes halogenated alkanes) is 2. The van der Waals surface area contributed by atoms with Gasteiger partial charge in [-0.3, -0.25) is 28.3 Å². The third-order valence-electron chi connectivity index (χ3n) is 7.14. The van der Waals surface area contributed by atoms with Gasteiger partial charge in [-0.2, -0.15) is 9.97 Å². The monoisotopic (exact) mass is 649 g/mol. The zero-order valence-corrected chi connectivity index (χ0v) is 26.3. The highest BCUT2D eigenvalue weighted by atomic mass is 35.5. The van der Waals surface area contributed by atoms with Crippen molar-refractivity contribution >= 4 is 34.7 Å². The summed E-state index contributed by atoms with van der Waals surface area (Å²) in [5.74, 6) is -0.590. The fourth-order valence-corrected chi connectivity index (χ4v) is 5.23. The molecule has 240 valence electrons. The fourth-order valence-electron chi connectivity index (χ4n) is 4.93. The number of ether oxygens (including phenoxy) is 2. The summed E-state index contributed by atoms with van der Waals surface area (Å²) < 4.78 is 20.0. The van der Waals surface area contributed by atoms with Crippen LogP contribution in [0.4, 0.5) is 0 Å². The summed E-state index contributed by atoms with van der Waals surface area (Å²) >= 11 is 6.52. The summed E-state index contributed by atoms with van der Waals surface area (Å²) in [5.41, 5.74) is -0.431. The lowest BCUT2D eigenvalue weighted by Crippen LogP contribution is -2.41. The lowest BCUT2D eigenvalue weighted by Gasteiger charge is -2.18. The number of aromatic nitrogens is 7. The molecule has 0 radical (unpaired) electrons. The first kappa shape index (κ1) is 32.3. The first-order valence-corrected chi connectivity index (χ1v) is 15.2. The molecule has 0 saturated heterocycles. The van der Waals surface area contributed by atoms with Crippen molar-refractivity contribution in [1.29, 1.82) is 0 Å². The molecule has 0 fully saturated rings. The topological polar surface area (TPSA) is 166 Å². The van der Waals surface area contributed by atoms with Gasteiger partial charge in [0.25, 0.3) is 11.4 Å². The summed E-state index contributed by atoms with van der Waals surface area (Å²) in [5, 5.41) is 3.87. The number of aryl methyl sites for hydroxylation is 2. The molecule has 15 heteroatoms. The molecular formula is C31H32ClN7O7. The highest BCUT2D eigenvalue weighted by Crippen LogP contribution is 2.26. The summed E-state index contributed by atoms with van der Waals surface area (Å²) in [6, 6.07) is 11.5. The van der Waals surface area contributed by atoms with Crippen molar-refractivity contribution in [1.82, 2.24) is 33.8 Å². The first-order chi connectivity index (χ1) is 22.2. The van der Waals surface area contributed by atoms with E-state index in [1.807, 2.05) is 13.0 Å². The normalized spacial score (nSPS) is 11.9. The van der Waals surface area contributed by atoms with Crippen molar-refractivity contribution in [2.75, 3.05) is 0 Å². The van der Waals surface area contributed by atoms with Gasteiger partial charge in [-0.15, -0.1) is 0 Å². The fraction of sp³-hybridized carbons (Fsp3) is 0.355. The molecule has 0 N–H and O–H groups in total. The van der Waals surface area contributed by atoms with Crippen LogP contribution in [0.15, 0.2) is 62.8 Å². The number of carbonyl (C=O) groups excluding carboxylic acids is 2. The van der Waals surface area contributed by atoms with E-state index in [0.717, 1.165) is 11.0 Å². The van der Waals surface area contributed by atoms with E-state index < -0.39 is 29.4 Å². The lowest BCUT2D eigenvalue weighted by molar-refractivity contribution is -0.131. The Balaban J connectivity index is 1.40. The van der Waals surface area contributed by atoms with E-state index in [-0.39, 0.29) is 34.3 Å². The van der Waals surface area contributed by atoms with Crippen LogP contribution in [0.25, 0.3) is 22.7 Å². The second kappa shape index (κ2) is 14.3. The van der Waals surface area contributed by atoms with Crippen molar-refractivity contribution in [3.63, 3.8) is 0 Å². The number of nitrogens with zero attached hydrogens (tertiary/aromatic N) is 7. The second-order valence-electron chi connectivity index (χ2n) is 10.4. The summed E-state index contributed by atoms with van der Waals surface area (Å²) in [4.78, 5) is 65.0. The average Bonchev–Trinajstić information content (AvgIpc) is 3.65. The van der Waals surface area contributed by atoms with Crippen LogP contribution in [0.5, 0.6) is 5.75 Å². The predicted octanol–water partition coefficient (Wildman–Crippen LogP) is 4.58. The maximum atomic E-state index is 13.9. The minimum Gasteiger partial charge on any atom is -0.438 e. The van der Waals surface area contributed by atoms with Gasteiger partial charge in [0, 0.05) is 32.6 Å². The maximum Gasteiger partial charge on any atom is 0.343 e. The summed E-state index contributed by atoms with van der Waals surface area (Å²) in [6.45, 7) is 5.14. The number of para-hydroxylation sites is 1. The van der Waals surface area contributed by atoms with E-state index in [9.17, 15) is 19.2 Å². The van der Waals surface area contributed by atoms with Crippen LogP contribution in [-0.2, 0) is 29.0 Å². The Kier molecular flexibility index (Phi) is 10.1. The molecule has 5 aromatic rings. The van der Waals surface area contributed by atoms with E-state index in [4.69, 9.17) is 25.6 Å². The van der Waals surface area contributed by atoms with Crippen LogP contribution in [0.2, 0.25) is 5.28 Å². The number of rotatable bonds is 13. The Hall–Kier alpha value is -5.11. The number of fused-ring (bicyclic) bond motifs is 1. The number of imidazole rings is 1. The van der Waals surface area contributed by atoms with Gasteiger partial charge in [0.1, 0.15) is 17.0 Å². The van der Waals surface area contributed by atoms with Gasteiger partial charge in [-0.05, 0) is 62.1 Å². The smallest absolute Gasteiger partial charge is 0.343 e. The molecule has 0 aliphatic rings. The quantitative estimate of drug-likeness (QED) is 0.0758. The molecule has 4 heterocycles. The van der Waals surface area contributed by atoms with E-state index in [0.29, 0.717) is 49.6 Å². The minimum atomic E-state index is -1.11. The van der Waals surface area contributed by atoms with Gasteiger partial charge in [-0.1, -0.05) is 36.7 Å². The van der Waals surface area contributed by atoms with E-state index >= 15 is 0 Å². The highest BCUT2D eigenvalue weighted by molar-refractivity contribution is 6.29. The van der Waals surface area contributed by atoms with Crippen molar-refractivity contribution in [2.24, 2.45) is 0 Å². The SMILES string of the molecule is CCCCn1c(=O)n(CCCCc2noc(-c3ccccn3)n2)c(=O)c2c1nc(Cl)n2C(C)OC(=O)c1ccccc1OC(C)=O. The minimum absolute atomic E-state index is 0.0103. The average molecular weight is 650 g/mol. The largest absolute Gasteiger partial charge is 0.438 e. The standard InChI is InChI=1S/C31H32ClN7O7/c1-4-5-17-37-26-25(39(30(32)35-26)19(2)44-29(42)21-12-6-7-14-23(21)45-20(3)40)28(41)38(31(37)43)18-11-9-15-24-34-27(46-36-24)22-13-8-10-16-33-22/h6-8,10,12-14,16,19H,4-5,9,11,15,17-18H2,1-3H3. The van der Waals surface area contributed by atoms with E-state index in [1.165, 1.54) is 35.1 Å². The molecular weight excluding hydrogens is 618 g/mol. The summed E-state index contributed by atoms with van der Waals surface area (Å²) in [7, 11) is 0. The molecule has 1 aromatic carbocycles. The number of hydrogen-bond donors (Lipinski definition) is 0. The number of hydrogen-bond acceptors (Lipinski definition) is 11. The van der Waals surface area contributed by atoms with Gasteiger partial charge < -0.3 is 14.0 Å². The molecule has 0 aliphatic carbocycles. The van der Waals surface area contributed by atoms with Crippen molar-refractivity contribution < 1.29 is 23.6 Å². The van der Waals surface area contributed by atoms with Crippen LogP contribution >= 0.6 is 11.6 Å². The molecule has 0 amide bonds. The molecule has 4 aromatic heterocycles. The van der Waals surface area contributed by atoms with Gasteiger partial charge in [0.15, 0.2) is 23.2 Å². The molecule has 1 atom stereocenters. The molecule has 0 spiro atoms. The van der Waals surface area contributed by atoms with Crippen molar-refractivity contribution in [2.45, 2.75) is 72.2 Å². The van der Waals surface area contributed by atoms with Crippen LogP contribution in [-0.4, -0.2) is 45.7 Å². The third-order valence-corrected chi connectivity index (χ3v) is 7.40. The predicted molar refractivity (Wildman–Crippen MR) is 167 cm³/mol. The Morgan fingerprint density at radius 3 is 2.50 bits per heavy atom. The Bertz CT molecular complexity index is 1980. The van der Waals surface area contributed by atoms with Gasteiger partial charge in [0.05, 0.1) is 0 Å². The first-order valence-electron chi connectivity index (χ1n) is 14.8. The Morgan fingerprint density at radius 1 is 1.00 bits per heavy atom. The van der Waals surface area contributed by atoms with E-state index in [1.54, 1.807) is 30.5 Å². The molecule has 14 nitrogen and oxygen atoms in total. The Morgan fingerprint density at radius 2 is 1.76 bits per heavy atom. The van der Waals surface area contributed by atoms with E-state index in [2.05, 4.69) is 20.1 Å². The van der Waals surface area contributed by atoms with Gasteiger partial charge in [-0.25, -0.2) is 9.59 Å². The highest BCUT2D eigenvalue weighted by Gasteiger charge is 2.26. The van der Waals surface area contributed by atoms with Crippen molar-refractivity contribution in [3.05, 3.63) is 86.2 Å². The number of esters is 2. The number of benzene rings is 1. The Labute approximate surface area is 267 Å². The molecule has 46 heavy (non-hydrogen) atoms. The summed E-state index contributed by atoms with van der Waals surface area (Å²) in [6.07, 6.45) is 3.46. The maximum absolute atomic E-state index is 13.9. The van der Waals surface area contributed by atoms with Crippen molar-refractivity contribution in [3.8, 4) is 17.3 Å². The molecule has 1 unspecified atom stereocenters. The molecule has 0 saturated carbocycles. The van der Waals surface area contributed by atoms with Gasteiger partial charge in [0.2, 0.25) is 5.28 Å². The number of halogens is 1. The second-order valence-corrected chi connectivity index (χ2v) is 10.8. The molecule has 0 aliphatic heterocycles. The zero-order chi connectivity index (χ0) is 32.8. The lowest BCUT2D eigenvalue weighted by atomic mass is 10.2. The molecule has 5 rings (SSSR count).